The molecule has 1 atom stereocenters. The van der Waals surface area contributed by atoms with E-state index < -0.39 is 0 Å². The van der Waals surface area contributed by atoms with Crippen molar-refractivity contribution in [2.24, 2.45) is 0 Å². The first-order valence-electron chi connectivity index (χ1n) is 6.24. The Labute approximate surface area is 108 Å². The Balaban J connectivity index is 2.19. The predicted molar refractivity (Wildman–Crippen MR) is 70.8 cm³/mol. The van der Waals surface area contributed by atoms with Gasteiger partial charge in [0, 0.05) is 12.6 Å². The summed E-state index contributed by atoms with van der Waals surface area (Å²) in [5.74, 6) is 0.879. The Bertz CT molecular complexity index is 457. The number of nitrogens with zero attached hydrogens (tertiary/aromatic N) is 1. The van der Waals surface area contributed by atoms with Gasteiger partial charge in [-0.2, -0.15) is 0 Å². The highest BCUT2D eigenvalue weighted by atomic mass is 16.5. The average molecular weight is 248 g/mol. The Hall–Kier alpha value is -1.71. The number of hydrogen-bond donors (Lipinski definition) is 1. The molecule has 1 aromatic carbocycles. The second-order valence-corrected chi connectivity index (χ2v) is 4.98. The summed E-state index contributed by atoms with van der Waals surface area (Å²) in [6.07, 6.45) is 0. The minimum atomic E-state index is 0.0171. The molecular formula is C14H20N2O2. The fourth-order valence-corrected chi connectivity index (χ4v) is 2.31. The van der Waals surface area contributed by atoms with E-state index in [4.69, 9.17) is 4.74 Å². The molecule has 1 fully saturated rings. The quantitative estimate of drug-likeness (QED) is 0.892. The maximum atomic E-state index is 11.8. The van der Waals surface area contributed by atoms with Gasteiger partial charge in [-0.25, -0.2) is 4.79 Å². The maximum absolute atomic E-state index is 11.8. The number of urea groups is 1. The van der Waals surface area contributed by atoms with Crippen molar-refractivity contribution in [1.29, 1.82) is 0 Å². The number of benzene rings is 1. The lowest BCUT2D eigenvalue weighted by atomic mass is 10.0. The van der Waals surface area contributed by atoms with Crippen LogP contribution in [0, 0.1) is 6.92 Å². The lowest BCUT2D eigenvalue weighted by Gasteiger charge is -2.19. The smallest absolute Gasteiger partial charge is 0.318 e. The van der Waals surface area contributed by atoms with Crippen LogP contribution in [-0.4, -0.2) is 30.6 Å². The molecule has 4 nitrogen and oxygen atoms in total. The van der Waals surface area contributed by atoms with Crippen LogP contribution in [0.25, 0.3) is 0 Å². The number of hydrogen-bond acceptors (Lipinski definition) is 2. The first-order chi connectivity index (χ1) is 8.52. The van der Waals surface area contributed by atoms with Gasteiger partial charge in [0.05, 0.1) is 13.2 Å². The molecule has 1 aliphatic heterocycles. The van der Waals surface area contributed by atoms with E-state index in [1.54, 1.807) is 7.11 Å². The van der Waals surface area contributed by atoms with Crippen molar-refractivity contribution in [1.82, 2.24) is 10.2 Å². The molecule has 1 unspecified atom stereocenters. The number of ether oxygens (including phenoxy) is 1. The summed E-state index contributed by atoms with van der Waals surface area (Å²) in [5.41, 5.74) is 2.22. The van der Waals surface area contributed by atoms with Gasteiger partial charge in [-0.1, -0.05) is 12.1 Å². The molecule has 2 rings (SSSR count). The Morgan fingerprint density at radius 2 is 2.17 bits per heavy atom. The zero-order valence-corrected chi connectivity index (χ0v) is 11.4. The van der Waals surface area contributed by atoms with E-state index in [2.05, 4.69) is 11.4 Å². The third-order valence-corrected chi connectivity index (χ3v) is 3.38. The van der Waals surface area contributed by atoms with Gasteiger partial charge in [0.1, 0.15) is 5.75 Å². The molecule has 98 valence electrons. The summed E-state index contributed by atoms with van der Waals surface area (Å²) >= 11 is 0. The molecule has 0 aliphatic carbocycles. The lowest BCUT2D eigenvalue weighted by molar-refractivity contribution is 0.206. The minimum absolute atomic E-state index is 0.0171. The van der Waals surface area contributed by atoms with E-state index in [9.17, 15) is 4.79 Å². The minimum Gasteiger partial charge on any atom is -0.496 e. The molecular weight excluding hydrogens is 228 g/mol. The molecule has 0 saturated carbocycles. The normalized spacial score (nSPS) is 19.3. The largest absolute Gasteiger partial charge is 0.496 e. The van der Waals surface area contributed by atoms with Crippen LogP contribution >= 0.6 is 0 Å². The Morgan fingerprint density at radius 3 is 2.67 bits per heavy atom. The van der Waals surface area contributed by atoms with Crippen molar-refractivity contribution in [3.8, 4) is 5.75 Å². The zero-order chi connectivity index (χ0) is 13.3. The molecule has 18 heavy (non-hydrogen) atoms. The zero-order valence-electron chi connectivity index (χ0n) is 11.4. The van der Waals surface area contributed by atoms with Gasteiger partial charge in [0.2, 0.25) is 0 Å². The highest BCUT2D eigenvalue weighted by Crippen LogP contribution is 2.26. The molecule has 1 aromatic rings. The van der Waals surface area contributed by atoms with Gasteiger partial charge >= 0.3 is 6.03 Å². The molecule has 2 amide bonds. The molecule has 0 radical (unpaired) electrons. The molecule has 4 heteroatoms. The average Bonchev–Trinajstić information content (AvgIpc) is 2.71. The van der Waals surface area contributed by atoms with Crippen LogP contribution in [0.4, 0.5) is 4.79 Å². The van der Waals surface area contributed by atoms with E-state index in [-0.39, 0.29) is 18.1 Å². The van der Waals surface area contributed by atoms with E-state index >= 15 is 0 Å². The second kappa shape index (κ2) is 4.88. The molecule has 0 bridgehead atoms. The van der Waals surface area contributed by atoms with Crippen molar-refractivity contribution in [2.45, 2.75) is 32.9 Å². The van der Waals surface area contributed by atoms with Crippen LogP contribution in [0.5, 0.6) is 5.75 Å². The van der Waals surface area contributed by atoms with Crippen LogP contribution in [0.15, 0.2) is 18.2 Å². The van der Waals surface area contributed by atoms with Crippen molar-refractivity contribution < 1.29 is 9.53 Å². The molecule has 1 heterocycles. The summed E-state index contributed by atoms with van der Waals surface area (Å²) in [4.78, 5) is 13.6. The first kappa shape index (κ1) is 12.7. The van der Waals surface area contributed by atoms with E-state index in [1.807, 2.05) is 37.8 Å². The van der Waals surface area contributed by atoms with Gasteiger partial charge in [-0.3, -0.25) is 0 Å². The van der Waals surface area contributed by atoms with Gasteiger partial charge in [-0.15, -0.1) is 0 Å². The fraction of sp³-hybridized carbons (Fsp3) is 0.500. The molecule has 1 N–H and O–H groups in total. The van der Waals surface area contributed by atoms with Crippen molar-refractivity contribution >= 4 is 6.03 Å². The van der Waals surface area contributed by atoms with Crippen LogP contribution in [0.3, 0.4) is 0 Å². The summed E-state index contributed by atoms with van der Waals surface area (Å²) in [6.45, 7) is 6.80. The van der Waals surface area contributed by atoms with Crippen molar-refractivity contribution in [3.05, 3.63) is 29.3 Å². The topological polar surface area (TPSA) is 41.6 Å². The van der Waals surface area contributed by atoms with Crippen LogP contribution < -0.4 is 10.1 Å². The molecule has 0 aromatic heterocycles. The number of carbonyl (C=O) groups is 1. The van der Waals surface area contributed by atoms with Crippen molar-refractivity contribution in [3.63, 3.8) is 0 Å². The molecule has 1 saturated heterocycles. The van der Waals surface area contributed by atoms with Gasteiger partial charge in [0.25, 0.3) is 0 Å². The number of amides is 2. The summed E-state index contributed by atoms with van der Waals surface area (Å²) in [7, 11) is 1.67. The van der Waals surface area contributed by atoms with E-state index in [0.29, 0.717) is 0 Å². The number of methoxy groups -OCH3 is 1. The number of carbonyl (C=O) groups excluding carboxylic acids is 1. The Morgan fingerprint density at radius 1 is 1.44 bits per heavy atom. The third-order valence-electron chi connectivity index (χ3n) is 3.38. The SMILES string of the molecule is COc1ccc(C2CN(C(C)C)C(=O)N2)cc1C. The van der Waals surface area contributed by atoms with Crippen LogP contribution in [-0.2, 0) is 0 Å². The van der Waals surface area contributed by atoms with E-state index in [0.717, 1.165) is 23.4 Å². The second-order valence-electron chi connectivity index (χ2n) is 4.98. The standard InChI is InChI=1S/C14H20N2O2/c1-9(2)16-8-12(15-14(16)17)11-5-6-13(18-4)10(3)7-11/h5-7,9,12H,8H2,1-4H3,(H,15,17). The van der Waals surface area contributed by atoms with Gasteiger partial charge in [0.15, 0.2) is 0 Å². The summed E-state index contributed by atoms with van der Waals surface area (Å²) in [6, 6.07) is 6.37. The number of nitrogens with one attached hydrogen (secondary N) is 1. The highest BCUT2D eigenvalue weighted by Gasteiger charge is 2.31. The van der Waals surface area contributed by atoms with Crippen LogP contribution in [0.1, 0.15) is 31.0 Å². The predicted octanol–water partition coefficient (Wildman–Crippen LogP) is 2.48. The summed E-state index contributed by atoms with van der Waals surface area (Å²) < 4.78 is 5.25. The lowest BCUT2D eigenvalue weighted by Crippen LogP contribution is -2.33. The first-order valence-corrected chi connectivity index (χ1v) is 6.24. The van der Waals surface area contributed by atoms with E-state index in [1.165, 1.54) is 0 Å². The third kappa shape index (κ3) is 2.28. The van der Waals surface area contributed by atoms with Gasteiger partial charge in [-0.05, 0) is 38.0 Å². The van der Waals surface area contributed by atoms with Gasteiger partial charge < -0.3 is 15.0 Å². The van der Waals surface area contributed by atoms with Crippen LogP contribution in [0.2, 0.25) is 0 Å². The maximum Gasteiger partial charge on any atom is 0.318 e. The Kier molecular flexibility index (Phi) is 3.45. The summed E-state index contributed by atoms with van der Waals surface area (Å²) in [5, 5.41) is 3.01. The number of rotatable bonds is 3. The monoisotopic (exact) mass is 248 g/mol. The molecule has 1 aliphatic rings. The fourth-order valence-electron chi connectivity index (χ4n) is 2.31. The highest BCUT2D eigenvalue weighted by molar-refractivity contribution is 5.77. The van der Waals surface area contributed by atoms with Crippen molar-refractivity contribution in [2.75, 3.05) is 13.7 Å². The number of aryl methyl sites for hydroxylation is 1. The molecule has 0 spiro atoms.